The van der Waals surface area contributed by atoms with E-state index in [1.165, 1.54) is 0 Å². The smallest absolute Gasteiger partial charge is 0.194 e. The maximum Gasteiger partial charge on any atom is 0.194 e. The Morgan fingerprint density at radius 3 is 2.77 bits per heavy atom. The number of methoxy groups -OCH3 is 1. The van der Waals surface area contributed by atoms with Gasteiger partial charge in [-0.05, 0) is 39.3 Å². The lowest BCUT2D eigenvalue weighted by atomic mass is 10.1. The zero-order valence-corrected chi connectivity index (χ0v) is 16.5. The van der Waals surface area contributed by atoms with Gasteiger partial charge in [0.25, 0.3) is 0 Å². The molecule has 0 radical (unpaired) electrons. The number of guanidine groups is 1. The molecule has 1 heterocycles. The van der Waals surface area contributed by atoms with Crippen molar-refractivity contribution >= 4 is 5.96 Å². The molecule has 0 spiro atoms. The Morgan fingerprint density at radius 2 is 2.08 bits per heavy atom. The van der Waals surface area contributed by atoms with Gasteiger partial charge in [-0.1, -0.05) is 12.1 Å². The maximum atomic E-state index is 6.00. The summed E-state index contributed by atoms with van der Waals surface area (Å²) in [6.07, 6.45) is 1.11. The normalized spacial score (nSPS) is 18.7. The monoisotopic (exact) mass is 363 g/mol. The fraction of sp³-hybridized carbons (Fsp3) is 0.650. The van der Waals surface area contributed by atoms with E-state index < -0.39 is 0 Å². The number of hydrogen-bond donors (Lipinski definition) is 1. The average Bonchev–Trinajstić information content (AvgIpc) is 3.12. The van der Waals surface area contributed by atoms with Gasteiger partial charge in [-0.15, -0.1) is 0 Å². The average molecular weight is 364 g/mol. The van der Waals surface area contributed by atoms with Crippen molar-refractivity contribution in [2.45, 2.75) is 33.3 Å². The molecule has 2 atom stereocenters. The van der Waals surface area contributed by atoms with Gasteiger partial charge in [-0.25, -0.2) is 4.99 Å². The van der Waals surface area contributed by atoms with Crippen molar-refractivity contribution in [3.05, 3.63) is 24.3 Å². The zero-order valence-electron chi connectivity index (χ0n) is 16.5. The predicted molar refractivity (Wildman–Crippen MR) is 105 cm³/mol. The Hall–Kier alpha value is -1.95. The quantitative estimate of drug-likeness (QED) is 0.540. The van der Waals surface area contributed by atoms with Crippen LogP contribution in [0, 0.1) is 5.92 Å². The molecule has 146 valence electrons. The first kappa shape index (κ1) is 20.4. The van der Waals surface area contributed by atoms with Gasteiger partial charge in [0.2, 0.25) is 0 Å². The van der Waals surface area contributed by atoms with Crippen molar-refractivity contribution in [1.82, 2.24) is 10.2 Å². The van der Waals surface area contributed by atoms with Gasteiger partial charge in [0.15, 0.2) is 17.5 Å². The number of likely N-dealkylation sites (tertiary alicyclic amines) is 1. The Morgan fingerprint density at radius 1 is 1.31 bits per heavy atom. The Labute approximate surface area is 157 Å². The molecule has 0 saturated carbocycles. The van der Waals surface area contributed by atoms with E-state index in [0.717, 1.165) is 56.7 Å². The minimum absolute atomic E-state index is 0.0400. The number of nitrogens with one attached hydrogen (secondary N) is 1. The standard InChI is InChI=1S/C20H33N3O3/c1-5-21-20(23-12-11-17(14-23)15-25-6-2)22-13-16(3)26-19-10-8-7-9-18(19)24-4/h7-10,16-17H,5-6,11-15H2,1-4H3,(H,21,22). The summed E-state index contributed by atoms with van der Waals surface area (Å²) in [4.78, 5) is 7.11. The second-order valence-corrected chi connectivity index (χ2v) is 6.53. The molecule has 26 heavy (non-hydrogen) atoms. The van der Waals surface area contributed by atoms with Crippen LogP contribution in [0.15, 0.2) is 29.3 Å². The fourth-order valence-electron chi connectivity index (χ4n) is 3.06. The summed E-state index contributed by atoms with van der Waals surface area (Å²) in [6.45, 7) is 11.2. The highest BCUT2D eigenvalue weighted by Crippen LogP contribution is 2.26. The molecule has 1 N–H and O–H groups in total. The molecule has 1 aromatic carbocycles. The number of para-hydroxylation sites is 2. The minimum atomic E-state index is -0.0400. The van der Waals surface area contributed by atoms with E-state index in [0.29, 0.717) is 12.5 Å². The topological polar surface area (TPSA) is 55.3 Å². The third-order valence-electron chi connectivity index (χ3n) is 4.37. The van der Waals surface area contributed by atoms with Crippen LogP contribution in [-0.2, 0) is 4.74 Å². The Bertz CT molecular complexity index is 565. The van der Waals surface area contributed by atoms with Crippen molar-refractivity contribution in [3.8, 4) is 11.5 Å². The van der Waals surface area contributed by atoms with E-state index in [-0.39, 0.29) is 6.10 Å². The van der Waals surface area contributed by atoms with Crippen LogP contribution in [0.4, 0.5) is 0 Å². The highest BCUT2D eigenvalue weighted by atomic mass is 16.5. The van der Waals surface area contributed by atoms with Crippen LogP contribution >= 0.6 is 0 Å². The van der Waals surface area contributed by atoms with E-state index in [2.05, 4.69) is 17.1 Å². The molecule has 0 bridgehead atoms. The lowest BCUT2D eigenvalue weighted by Gasteiger charge is -2.22. The molecule has 0 amide bonds. The van der Waals surface area contributed by atoms with E-state index in [4.69, 9.17) is 19.2 Å². The van der Waals surface area contributed by atoms with E-state index in [1.807, 2.05) is 38.1 Å². The molecular weight excluding hydrogens is 330 g/mol. The summed E-state index contributed by atoms with van der Waals surface area (Å²) in [5, 5.41) is 3.40. The molecule has 1 aliphatic rings. The van der Waals surface area contributed by atoms with Crippen molar-refractivity contribution < 1.29 is 14.2 Å². The van der Waals surface area contributed by atoms with Gasteiger partial charge < -0.3 is 24.4 Å². The molecule has 0 aromatic heterocycles. The lowest BCUT2D eigenvalue weighted by Crippen LogP contribution is -2.41. The van der Waals surface area contributed by atoms with Crippen molar-refractivity contribution in [2.24, 2.45) is 10.9 Å². The predicted octanol–water partition coefficient (Wildman–Crippen LogP) is 2.79. The van der Waals surface area contributed by atoms with E-state index >= 15 is 0 Å². The van der Waals surface area contributed by atoms with E-state index in [1.54, 1.807) is 7.11 Å². The third kappa shape index (κ3) is 6.09. The van der Waals surface area contributed by atoms with Gasteiger partial charge >= 0.3 is 0 Å². The molecule has 1 aromatic rings. The summed E-state index contributed by atoms with van der Waals surface area (Å²) >= 11 is 0. The molecule has 1 aliphatic heterocycles. The van der Waals surface area contributed by atoms with Crippen LogP contribution in [0.2, 0.25) is 0 Å². The van der Waals surface area contributed by atoms with Gasteiger partial charge in [-0.3, -0.25) is 0 Å². The first-order valence-electron chi connectivity index (χ1n) is 9.58. The number of nitrogens with zero attached hydrogens (tertiary/aromatic N) is 2. The van der Waals surface area contributed by atoms with Crippen LogP contribution in [0.3, 0.4) is 0 Å². The first-order valence-corrected chi connectivity index (χ1v) is 9.58. The summed E-state index contributed by atoms with van der Waals surface area (Å²) in [6, 6.07) is 7.70. The number of aliphatic imine (C=N–C) groups is 1. The summed E-state index contributed by atoms with van der Waals surface area (Å²) in [5.74, 6) is 3.04. The number of benzene rings is 1. The molecule has 6 nitrogen and oxygen atoms in total. The Kier molecular flexibility index (Phi) is 8.54. The Balaban J connectivity index is 1.91. The largest absolute Gasteiger partial charge is 0.493 e. The molecule has 0 aliphatic carbocycles. The molecule has 2 rings (SSSR count). The van der Waals surface area contributed by atoms with Gasteiger partial charge in [0.1, 0.15) is 6.10 Å². The molecule has 6 heteroatoms. The molecular formula is C20H33N3O3. The SMILES string of the molecule is CCNC(=NCC(C)Oc1ccccc1OC)N1CCC(COCC)C1. The van der Waals surface area contributed by atoms with Gasteiger partial charge in [0, 0.05) is 32.2 Å². The molecule has 1 saturated heterocycles. The van der Waals surface area contributed by atoms with Gasteiger partial charge in [-0.2, -0.15) is 0 Å². The zero-order chi connectivity index (χ0) is 18.8. The number of hydrogen-bond acceptors (Lipinski definition) is 4. The van der Waals surface area contributed by atoms with Crippen LogP contribution in [-0.4, -0.2) is 63.5 Å². The summed E-state index contributed by atoms with van der Waals surface area (Å²) in [5.41, 5.74) is 0. The highest BCUT2D eigenvalue weighted by molar-refractivity contribution is 5.80. The summed E-state index contributed by atoms with van der Waals surface area (Å²) in [7, 11) is 1.65. The maximum absolute atomic E-state index is 6.00. The van der Waals surface area contributed by atoms with Crippen molar-refractivity contribution in [1.29, 1.82) is 0 Å². The third-order valence-corrected chi connectivity index (χ3v) is 4.37. The fourth-order valence-corrected chi connectivity index (χ4v) is 3.06. The summed E-state index contributed by atoms with van der Waals surface area (Å²) < 4.78 is 16.9. The van der Waals surface area contributed by atoms with Crippen LogP contribution in [0.5, 0.6) is 11.5 Å². The minimum Gasteiger partial charge on any atom is -0.493 e. The number of rotatable bonds is 9. The lowest BCUT2D eigenvalue weighted by molar-refractivity contribution is 0.114. The molecule has 1 fully saturated rings. The van der Waals surface area contributed by atoms with Crippen LogP contribution in [0.25, 0.3) is 0 Å². The van der Waals surface area contributed by atoms with Crippen LogP contribution in [0.1, 0.15) is 27.2 Å². The number of ether oxygens (including phenoxy) is 3. The second-order valence-electron chi connectivity index (χ2n) is 6.53. The van der Waals surface area contributed by atoms with Gasteiger partial charge in [0.05, 0.1) is 20.3 Å². The van der Waals surface area contributed by atoms with Crippen molar-refractivity contribution in [3.63, 3.8) is 0 Å². The van der Waals surface area contributed by atoms with E-state index in [9.17, 15) is 0 Å². The first-order chi connectivity index (χ1) is 12.7. The second kappa shape index (κ2) is 10.9. The van der Waals surface area contributed by atoms with Crippen molar-refractivity contribution in [2.75, 3.05) is 46.5 Å². The molecule has 2 unspecified atom stereocenters. The van der Waals surface area contributed by atoms with Crippen LogP contribution < -0.4 is 14.8 Å². The highest BCUT2D eigenvalue weighted by Gasteiger charge is 2.25.